The molecule has 0 saturated carbocycles. The van der Waals surface area contributed by atoms with Crippen LogP contribution < -0.4 is 15.2 Å². The summed E-state index contributed by atoms with van der Waals surface area (Å²) in [5, 5.41) is 0.380. The number of carbonyl (C=O) groups is 1. The number of carbonyl (C=O) groups excluding carboxylic acids is 1. The maximum atomic E-state index is 14.0. The summed E-state index contributed by atoms with van der Waals surface area (Å²) in [7, 11) is 3.37. The summed E-state index contributed by atoms with van der Waals surface area (Å²) >= 11 is 0. The molecule has 2 saturated heterocycles. The molecule has 0 aliphatic carbocycles. The Morgan fingerprint density at radius 3 is 2.62 bits per heavy atom. The number of ether oxygens (including phenoxy) is 1. The third-order valence-corrected chi connectivity index (χ3v) is 6.57. The van der Waals surface area contributed by atoms with Crippen molar-refractivity contribution in [1.82, 2.24) is 4.90 Å². The predicted octanol–water partition coefficient (Wildman–Crippen LogP) is 3.81. The molecule has 1 aromatic heterocycles. The Hall–Kier alpha value is -3.39. The van der Waals surface area contributed by atoms with E-state index in [-0.39, 0.29) is 23.2 Å². The SMILES string of the molecule is CN(C)C(=O)c1cc(C2CCCN2c2cccc(F)c2)c2oc(N3CCOCC3)cc(=O)c2c1. The Balaban J connectivity index is 1.69. The van der Waals surface area contributed by atoms with Crippen molar-refractivity contribution in [2.45, 2.75) is 18.9 Å². The summed E-state index contributed by atoms with van der Waals surface area (Å²) in [4.78, 5) is 31.8. The van der Waals surface area contributed by atoms with E-state index in [9.17, 15) is 14.0 Å². The first-order valence-electron chi connectivity index (χ1n) is 11.6. The van der Waals surface area contributed by atoms with E-state index in [0.717, 1.165) is 30.6 Å². The minimum atomic E-state index is -0.300. The van der Waals surface area contributed by atoms with E-state index in [4.69, 9.17) is 9.15 Å². The third-order valence-electron chi connectivity index (χ3n) is 6.57. The average molecular weight is 466 g/mol. The zero-order chi connectivity index (χ0) is 23.8. The first-order chi connectivity index (χ1) is 16.4. The van der Waals surface area contributed by atoms with Gasteiger partial charge in [-0.15, -0.1) is 0 Å². The highest BCUT2D eigenvalue weighted by molar-refractivity contribution is 5.98. The van der Waals surface area contributed by atoms with Gasteiger partial charge in [0.25, 0.3) is 5.91 Å². The zero-order valence-corrected chi connectivity index (χ0v) is 19.4. The fourth-order valence-electron chi connectivity index (χ4n) is 4.89. The third kappa shape index (κ3) is 4.14. The molecule has 3 heterocycles. The van der Waals surface area contributed by atoms with Crippen LogP contribution in [0, 0.1) is 5.82 Å². The van der Waals surface area contributed by atoms with Crippen molar-refractivity contribution in [3.63, 3.8) is 0 Å². The first-order valence-corrected chi connectivity index (χ1v) is 11.6. The number of nitrogens with zero attached hydrogens (tertiary/aromatic N) is 3. The zero-order valence-electron chi connectivity index (χ0n) is 19.4. The monoisotopic (exact) mass is 465 g/mol. The van der Waals surface area contributed by atoms with Gasteiger partial charge in [-0.2, -0.15) is 0 Å². The number of hydrogen-bond acceptors (Lipinski definition) is 6. The van der Waals surface area contributed by atoms with Crippen LogP contribution in [0.2, 0.25) is 0 Å². The molecule has 178 valence electrons. The Kier molecular flexibility index (Phi) is 6.00. The van der Waals surface area contributed by atoms with Gasteiger partial charge in [0.15, 0.2) is 11.3 Å². The second-order valence-electron chi connectivity index (χ2n) is 9.02. The molecule has 2 fully saturated rings. The van der Waals surface area contributed by atoms with Crippen molar-refractivity contribution < 1.29 is 18.3 Å². The van der Waals surface area contributed by atoms with Gasteiger partial charge < -0.3 is 23.9 Å². The van der Waals surface area contributed by atoms with Crippen molar-refractivity contribution >= 4 is 28.4 Å². The van der Waals surface area contributed by atoms with Crippen LogP contribution in [0.15, 0.2) is 51.7 Å². The van der Waals surface area contributed by atoms with Gasteiger partial charge in [-0.3, -0.25) is 9.59 Å². The predicted molar refractivity (Wildman–Crippen MR) is 129 cm³/mol. The smallest absolute Gasteiger partial charge is 0.253 e. The number of rotatable bonds is 4. The van der Waals surface area contributed by atoms with Gasteiger partial charge in [-0.25, -0.2) is 4.39 Å². The molecule has 2 aromatic carbocycles. The van der Waals surface area contributed by atoms with Crippen LogP contribution in [0.25, 0.3) is 11.0 Å². The summed E-state index contributed by atoms with van der Waals surface area (Å²) < 4.78 is 25.8. The number of anilines is 2. The Bertz CT molecular complexity index is 1280. The molecule has 34 heavy (non-hydrogen) atoms. The first kappa shape index (κ1) is 22.4. The lowest BCUT2D eigenvalue weighted by molar-refractivity contribution is 0.0827. The minimum absolute atomic E-state index is 0.151. The molecule has 7 nitrogen and oxygen atoms in total. The topological polar surface area (TPSA) is 66.2 Å². The lowest BCUT2D eigenvalue weighted by Crippen LogP contribution is -2.36. The maximum absolute atomic E-state index is 14.0. The van der Waals surface area contributed by atoms with Crippen LogP contribution in [0.3, 0.4) is 0 Å². The van der Waals surface area contributed by atoms with Crippen molar-refractivity contribution in [3.8, 4) is 0 Å². The molecule has 0 bridgehead atoms. The largest absolute Gasteiger partial charge is 0.440 e. The molecule has 5 rings (SSSR count). The van der Waals surface area contributed by atoms with Crippen molar-refractivity contribution in [2.75, 3.05) is 56.7 Å². The Morgan fingerprint density at radius 1 is 1.09 bits per heavy atom. The summed E-state index contributed by atoms with van der Waals surface area (Å²) in [5.74, 6) is 0.0184. The Labute approximate surface area is 197 Å². The second kappa shape index (κ2) is 9.10. The number of amides is 1. The molecule has 2 aliphatic rings. The van der Waals surface area contributed by atoms with Gasteiger partial charge in [0.2, 0.25) is 0 Å². The van der Waals surface area contributed by atoms with Crippen LogP contribution in [-0.4, -0.2) is 57.8 Å². The number of morpholine rings is 1. The fourth-order valence-corrected chi connectivity index (χ4v) is 4.89. The van der Waals surface area contributed by atoms with Gasteiger partial charge in [0.05, 0.1) is 24.6 Å². The van der Waals surface area contributed by atoms with E-state index in [1.165, 1.54) is 23.1 Å². The van der Waals surface area contributed by atoms with Crippen LogP contribution >= 0.6 is 0 Å². The normalized spacial score (nSPS) is 18.5. The molecule has 0 radical (unpaired) electrons. The molecule has 1 unspecified atom stereocenters. The molecular formula is C26H28FN3O4. The minimum Gasteiger partial charge on any atom is -0.440 e. The molecular weight excluding hydrogens is 437 g/mol. The van der Waals surface area contributed by atoms with Crippen molar-refractivity contribution in [3.05, 3.63) is 69.6 Å². The van der Waals surface area contributed by atoms with Crippen LogP contribution in [0.1, 0.15) is 34.8 Å². The van der Waals surface area contributed by atoms with Gasteiger partial charge >= 0.3 is 0 Å². The summed E-state index contributed by atoms with van der Waals surface area (Å²) in [6.45, 7) is 3.16. The maximum Gasteiger partial charge on any atom is 0.253 e. The quantitative estimate of drug-likeness (QED) is 0.584. The standard InChI is InChI=1S/C26H28FN3O4/c1-28(2)26(32)17-13-20(22-7-4-8-30(22)19-6-3-5-18(27)15-19)25-21(14-17)23(31)16-24(34-25)29-9-11-33-12-10-29/h3,5-6,13-16,22H,4,7-12H2,1-2H3. The molecule has 2 aliphatic heterocycles. The highest BCUT2D eigenvalue weighted by atomic mass is 19.1. The molecule has 0 spiro atoms. The van der Waals surface area contributed by atoms with E-state index in [2.05, 4.69) is 4.90 Å². The lowest BCUT2D eigenvalue weighted by Gasteiger charge is -2.29. The van der Waals surface area contributed by atoms with Gasteiger partial charge in [0.1, 0.15) is 11.4 Å². The summed E-state index contributed by atoms with van der Waals surface area (Å²) in [5.41, 5.74) is 2.28. The highest BCUT2D eigenvalue weighted by Gasteiger charge is 2.31. The number of fused-ring (bicyclic) bond motifs is 1. The Morgan fingerprint density at radius 2 is 1.88 bits per heavy atom. The van der Waals surface area contributed by atoms with Crippen LogP contribution in [0.4, 0.5) is 16.0 Å². The number of benzene rings is 2. The van der Waals surface area contributed by atoms with Gasteiger partial charge in [-0.05, 0) is 43.2 Å². The van der Waals surface area contributed by atoms with Crippen molar-refractivity contribution in [2.24, 2.45) is 0 Å². The summed E-state index contributed by atoms with van der Waals surface area (Å²) in [6, 6.07) is 11.3. The van der Waals surface area contributed by atoms with E-state index in [1.54, 1.807) is 26.2 Å². The van der Waals surface area contributed by atoms with Crippen LogP contribution in [0.5, 0.6) is 0 Å². The number of hydrogen-bond donors (Lipinski definition) is 0. The molecule has 0 N–H and O–H groups in total. The van der Waals surface area contributed by atoms with E-state index < -0.39 is 0 Å². The van der Waals surface area contributed by atoms with Gasteiger partial charge in [-0.1, -0.05) is 6.07 Å². The van der Waals surface area contributed by atoms with Gasteiger partial charge in [0, 0.05) is 56.6 Å². The van der Waals surface area contributed by atoms with Crippen molar-refractivity contribution in [1.29, 1.82) is 0 Å². The number of halogens is 1. The van der Waals surface area contributed by atoms with E-state index in [1.807, 2.05) is 17.0 Å². The lowest BCUT2D eigenvalue weighted by atomic mass is 9.97. The van der Waals surface area contributed by atoms with E-state index in [0.29, 0.717) is 48.7 Å². The highest BCUT2D eigenvalue weighted by Crippen LogP contribution is 2.40. The molecule has 3 aromatic rings. The second-order valence-corrected chi connectivity index (χ2v) is 9.02. The average Bonchev–Trinajstić information content (AvgIpc) is 3.33. The van der Waals surface area contributed by atoms with Crippen LogP contribution in [-0.2, 0) is 4.74 Å². The fraction of sp³-hybridized carbons (Fsp3) is 0.385. The summed E-state index contributed by atoms with van der Waals surface area (Å²) in [6.07, 6.45) is 1.71. The molecule has 8 heteroatoms. The molecule has 1 atom stereocenters. The van der Waals surface area contributed by atoms with E-state index >= 15 is 0 Å². The molecule has 1 amide bonds.